The van der Waals surface area contributed by atoms with Crippen molar-refractivity contribution < 1.29 is 9.59 Å². The molecule has 1 aromatic heterocycles. The third-order valence-electron chi connectivity index (χ3n) is 3.94. The van der Waals surface area contributed by atoms with Gasteiger partial charge >= 0.3 is 11.8 Å². The van der Waals surface area contributed by atoms with Crippen molar-refractivity contribution in [3.8, 4) is 0 Å². The van der Waals surface area contributed by atoms with E-state index in [1.807, 2.05) is 30.3 Å². The monoisotopic (exact) mass is 350 g/mol. The van der Waals surface area contributed by atoms with Crippen LogP contribution in [0.4, 0.5) is 0 Å². The highest BCUT2D eigenvalue weighted by molar-refractivity contribution is 6.35. The molecule has 3 rings (SSSR count). The van der Waals surface area contributed by atoms with Crippen molar-refractivity contribution in [2.24, 2.45) is 0 Å². The van der Waals surface area contributed by atoms with Crippen molar-refractivity contribution in [3.05, 3.63) is 76.2 Å². The first-order valence-corrected chi connectivity index (χ1v) is 8.21. The Hall–Kier alpha value is -3.48. The number of rotatable bonds is 5. The van der Waals surface area contributed by atoms with Crippen LogP contribution in [0.1, 0.15) is 11.3 Å². The zero-order valence-electron chi connectivity index (χ0n) is 14.0. The summed E-state index contributed by atoms with van der Waals surface area (Å²) in [4.78, 5) is 35.6. The van der Waals surface area contributed by atoms with Gasteiger partial charge in [-0.05, 0) is 18.1 Å². The minimum Gasteiger partial charge on any atom is -0.348 e. The Bertz CT molecular complexity index is 983. The van der Waals surface area contributed by atoms with E-state index in [-0.39, 0.29) is 12.1 Å². The lowest BCUT2D eigenvalue weighted by Crippen LogP contribution is -2.40. The predicted molar refractivity (Wildman–Crippen MR) is 97.4 cm³/mol. The number of hydrogen-bond acceptors (Lipinski definition) is 4. The third kappa shape index (κ3) is 4.13. The van der Waals surface area contributed by atoms with Crippen LogP contribution in [0, 0.1) is 0 Å². The highest BCUT2D eigenvalue weighted by atomic mass is 16.2. The molecule has 0 unspecified atom stereocenters. The number of aromatic amines is 1. The molecule has 2 amide bonds. The molecule has 3 N–H and O–H groups in total. The molecule has 0 aliphatic heterocycles. The summed E-state index contributed by atoms with van der Waals surface area (Å²) in [5.41, 5.74) is 1.28. The van der Waals surface area contributed by atoms with Crippen LogP contribution in [-0.2, 0) is 22.6 Å². The Kier molecular flexibility index (Phi) is 5.38. The summed E-state index contributed by atoms with van der Waals surface area (Å²) in [7, 11) is 0. The summed E-state index contributed by atoms with van der Waals surface area (Å²) in [6.07, 6.45) is 0.645. The SMILES string of the molecule is O=C(NCCc1ccccc1)C(=O)NCc1n[nH]c(=O)c2ccccc12. The Morgan fingerprint density at radius 1 is 0.885 bits per heavy atom. The minimum absolute atomic E-state index is 0.0439. The summed E-state index contributed by atoms with van der Waals surface area (Å²) in [6.45, 7) is 0.415. The molecule has 0 fully saturated rings. The number of hydrogen-bond donors (Lipinski definition) is 3. The van der Waals surface area contributed by atoms with Gasteiger partial charge in [0.15, 0.2) is 0 Å². The van der Waals surface area contributed by atoms with Gasteiger partial charge in [-0.1, -0.05) is 48.5 Å². The molecule has 0 bridgehead atoms. The van der Waals surface area contributed by atoms with Gasteiger partial charge in [0.05, 0.1) is 17.6 Å². The van der Waals surface area contributed by atoms with Gasteiger partial charge in [-0.25, -0.2) is 5.10 Å². The van der Waals surface area contributed by atoms with Crippen LogP contribution >= 0.6 is 0 Å². The Morgan fingerprint density at radius 3 is 2.31 bits per heavy atom. The summed E-state index contributed by atoms with van der Waals surface area (Å²) in [5.74, 6) is -1.44. The first kappa shape index (κ1) is 17.3. The fraction of sp³-hybridized carbons (Fsp3) is 0.158. The Morgan fingerprint density at radius 2 is 1.54 bits per heavy atom. The number of H-pyrrole nitrogens is 1. The number of carbonyl (C=O) groups excluding carboxylic acids is 2. The second-order valence-electron chi connectivity index (χ2n) is 5.72. The normalized spacial score (nSPS) is 10.5. The van der Waals surface area contributed by atoms with Crippen molar-refractivity contribution in [2.45, 2.75) is 13.0 Å². The summed E-state index contributed by atoms with van der Waals surface area (Å²) < 4.78 is 0. The highest BCUT2D eigenvalue weighted by Gasteiger charge is 2.14. The topological polar surface area (TPSA) is 104 Å². The van der Waals surface area contributed by atoms with Crippen molar-refractivity contribution in [3.63, 3.8) is 0 Å². The standard InChI is InChI=1S/C19H18N4O3/c24-17-15-9-5-4-8-14(15)16(22-23-17)12-21-19(26)18(25)20-11-10-13-6-2-1-3-7-13/h1-9H,10-12H2,(H,20,25)(H,21,26)(H,23,24). The van der Waals surface area contributed by atoms with Gasteiger partial charge in [-0.3, -0.25) is 14.4 Å². The van der Waals surface area contributed by atoms with Crippen LogP contribution in [0.25, 0.3) is 10.8 Å². The first-order valence-electron chi connectivity index (χ1n) is 8.21. The van der Waals surface area contributed by atoms with E-state index in [1.165, 1.54) is 0 Å². The lowest BCUT2D eigenvalue weighted by atomic mass is 10.1. The van der Waals surface area contributed by atoms with Crippen LogP contribution in [0.5, 0.6) is 0 Å². The van der Waals surface area contributed by atoms with Crippen molar-refractivity contribution in [1.82, 2.24) is 20.8 Å². The molecule has 0 aliphatic carbocycles. The number of fused-ring (bicyclic) bond motifs is 1. The fourth-order valence-corrected chi connectivity index (χ4v) is 2.60. The lowest BCUT2D eigenvalue weighted by Gasteiger charge is -2.08. The summed E-state index contributed by atoms with van der Waals surface area (Å²) >= 11 is 0. The predicted octanol–water partition coefficient (Wildman–Crippen LogP) is 0.898. The van der Waals surface area contributed by atoms with Crippen molar-refractivity contribution >= 4 is 22.6 Å². The highest BCUT2D eigenvalue weighted by Crippen LogP contribution is 2.11. The second kappa shape index (κ2) is 8.06. The first-order chi connectivity index (χ1) is 12.6. The minimum atomic E-state index is -0.741. The van der Waals surface area contributed by atoms with E-state index >= 15 is 0 Å². The van der Waals surface area contributed by atoms with E-state index in [0.29, 0.717) is 29.4 Å². The largest absolute Gasteiger partial charge is 0.348 e. The molecule has 26 heavy (non-hydrogen) atoms. The maximum atomic E-state index is 11.9. The molecule has 0 saturated heterocycles. The second-order valence-corrected chi connectivity index (χ2v) is 5.72. The molecule has 7 heteroatoms. The van der Waals surface area contributed by atoms with E-state index in [0.717, 1.165) is 5.56 Å². The van der Waals surface area contributed by atoms with Crippen LogP contribution < -0.4 is 16.2 Å². The molecule has 2 aromatic carbocycles. The van der Waals surface area contributed by atoms with Gasteiger partial charge in [0, 0.05) is 11.9 Å². The van der Waals surface area contributed by atoms with Gasteiger partial charge in [0.25, 0.3) is 5.56 Å². The number of nitrogens with zero attached hydrogens (tertiary/aromatic N) is 1. The fourth-order valence-electron chi connectivity index (χ4n) is 2.60. The molecular formula is C19H18N4O3. The van der Waals surface area contributed by atoms with Crippen molar-refractivity contribution in [1.29, 1.82) is 0 Å². The number of nitrogens with one attached hydrogen (secondary N) is 3. The molecule has 0 saturated carbocycles. The van der Waals surface area contributed by atoms with Crippen LogP contribution in [-0.4, -0.2) is 28.6 Å². The average molecular weight is 350 g/mol. The van der Waals surface area contributed by atoms with Gasteiger partial charge < -0.3 is 10.6 Å². The molecule has 132 valence electrons. The molecule has 0 spiro atoms. The molecule has 0 aliphatic rings. The van der Waals surface area contributed by atoms with Gasteiger partial charge in [0.1, 0.15) is 0 Å². The van der Waals surface area contributed by atoms with E-state index in [4.69, 9.17) is 0 Å². The third-order valence-corrected chi connectivity index (χ3v) is 3.94. The molecule has 0 atom stereocenters. The maximum Gasteiger partial charge on any atom is 0.309 e. The molecule has 3 aromatic rings. The summed E-state index contributed by atoms with van der Waals surface area (Å²) in [6, 6.07) is 16.6. The van der Waals surface area contributed by atoms with Crippen LogP contribution in [0.3, 0.4) is 0 Å². The van der Waals surface area contributed by atoms with Gasteiger partial charge in [0.2, 0.25) is 0 Å². The van der Waals surface area contributed by atoms with Gasteiger partial charge in [-0.15, -0.1) is 0 Å². The Labute approximate surface area is 149 Å². The smallest absolute Gasteiger partial charge is 0.309 e. The molecule has 7 nitrogen and oxygen atoms in total. The lowest BCUT2D eigenvalue weighted by molar-refractivity contribution is -0.139. The van der Waals surface area contributed by atoms with Crippen LogP contribution in [0.15, 0.2) is 59.4 Å². The molecular weight excluding hydrogens is 332 g/mol. The molecule has 0 radical (unpaired) electrons. The Balaban J connectivity index is 1.55. The van der Waals surface area contributed by atoms with E-state index in [9.17, 15) is 14.4 Å². The van der Waals surface area contributed by atoms with Gasteiger partial charge in [-0.2, -0.15) is 5.10 Å². The average Bonchev–Trinajstić information content (AvgIpc) is 2.68. The number of aromatic nitrogens is 2. The number of amides is 2. The summed E-state index contributed by atoms with van der Waals surface area (Å²) in [5, 5.41) is 12.6. The van der Waals surface area contributed by atoms with Crippen molar-refractivity contribution in [2.75, 3.05) is 6.54 Å². The van der Waals surface area contributed by atoms with Crippen LogP contribution in [0.2, 0.25) is 0 Å². The quantitative estimate of drug-likeness (QED) is 0.595. The van der Waals surface area contributed by atoms with E-state index in [1.54, 1.807) is 24.3 Å². The maximum absolute atomic E-state index is 11.9. The van der Waals surface area contributed by atoms with E-state index < -0.39 is 11.8 Å². The molecule has 1 heterocycles. The number of benzene rings is 2. The number of carbonyl (C=O) groups is 2. The van der Waals surface area contributed by atoms with E-state index in [2.05, 4.69) is 20.8 Å². The zero-order chi connectivity index (χ0) is 18.4. The zero-order valence-corrected chi connectivity index (χ0v) is 14.0.